The first kappa shape index (κ1) is 11.1. The van der Waals surface area contributed by atoms with Crippen molar-refractivity contribution in [2.45, 2.75) is 6.42 Å². The van der Waals surface area contributed by atoms with Gasteiger partial charge >= 0.3 is 11.9 Å². The van der Waals surface area contributed by atoms with Gasteiger partial charge in [0.25, 0.3) is 5.78 Å². The SMILES string of the molecule is C=COC(=O)CC(=O)C(=O)OC=C. The third kappa shape index (κ3) is 4.52. The lowest BCUT2D eigenvalue weighted by atomic mass is 10.3. The molecule has 0 saturated heterocycles. The van der Waals surface area contributed by atoms with Crippen LogP contribution in [0.1, 0.15) is 6.42 Å². The number of hydrogen-bond acceptors (Lipinski definition) is 5. The second-order valence-corrected chi connectivity index (χ2v) is 1.83. The molecule has 0 radical (unpaired) electrons. The van der Waals surface area contributed by atoms with E-state index in [0.29, 0.717) is 0 Å². The summed E-state index contributed by atoms with van der Waals surface area (Å²) in [5.41, 5.74) is 0. The molecule has 0 rings (SSSR count). The number of ether oxygens (including phenoxy) is 2. The summed E-state index contributed by atoms with van der Waals surface area (Å²) in [5, 5.41) is 0. The summed E-state index contributed by atoms with van der Waals surface area (Å²) in [7, 11) is 0. The van der Waals surface area contributed by atoms with Gasteiger partial charge in [0.15, 0.2) is 0 Å². The molecule has 0 aliphatic carbocycles. The number of rotatable bonds is 5. The van der Waals surface area contributed by atoms with Crippen molar-refractivity contribution < 1.29 is 23.9 Å². The average Bonchev–Trinajstić information content (AvgIpc) is 2.05. The molecule has 0 aliphatic heterocycles. The van der Waals surface area contributed by atoms with Gasteiger partial charge in [0.1, 0.15) is 6.42 Å². The fourth-order valence-corrected chi connectivity index (χ4v) is 0.479. The highest BCUT2D eigenvalue weighted by molar-refractivity contribution is 6.36. The topological polar surface area (TPSA) is 69.7 Å². The summed E-state index contributed by atoms with van der Waals surface area (Å²) in [4.78, 5) is 32.0. The summed E-state index contributed by atoms with van der Waals surface area (Å²) in [6, 6.07) is 0. The highest BCUT2D eigenvalue weighted by atomic mass is 16.5. The van der Waals surface area contributed by atoms with Crippen LogP contribution in [-0.2, 0) is 23.9 Å². The number of esters is 2. The van der Waals surface area contributed by atoms with Crippen LogP contribution in [0.5, 0.6) is 0 Å². The average molecular weight is 184 g/mol. The van der Waals surface area contributed by atoms with E-state index in [2.05, 4.69) is 22.6 Å². The van der Waals surface area contributed by atoms with Crippen LogP contribution < -0.4 is 0 Å². The summed E-state index contributed by atoms with van der Waals surface area (Å²) in [6.45, 7) is 6.17. The van der Waals surface area contributed by atoms with Crippen LogP contribution >= 0.6 is 0 Å². The Morgan fingerprint density at radius 2 is 1.62 bits per heavy atom. The predicted molar refractivity (Wildman–Crippen MR) is 42.2 cm³/mol. The monoisotopic (exact) mass is 184 g/mol. The molecule has 13 heavy (non-hydrogen) atoms. The second kappa shape index (κ2) is 5.70. The van der Waals surface area contributed by atoms with E-state index in [9.17, 15) is 14.4 Å². The molecule has 70 valence electrons. The van der Waals surface area contributed by atoms with E-state index in [0.717, 1.165) is 12.5 Å². The molecule has 0 aromatic rings. The van der Waals surface area contributed by atoms with Crippen LogP contribution in [0.3, 0.4) is 0 Å². The molecule has 0 fully saturated rings. The maximum atomic E-state index is 10.8. The van der Waals surface area contributed by atoms with Crippen molar-refractivity contribution in [3.05, 3.63) is 25.7 Å². The van der Waals surface area contributed by atoms with Crippen LogP contribution in [0.25, 0.3) is 0 Å². The summed E-state index contributed by atoms with van der Waals surface area (Å²) in [6.07, 6.45) is 1.01. The number of Topliss-reactive ketones (excluding diaryl/α,β-unsaturated/α-hetero) is 1. The Kier molecular flexibility index (Phi) is 4.87. The summed E-state index contributed by atoms with van der Waals surface area (Å²) < 4.78 is 8.34. The van der Waals surface area contributed by atoms with E-state index in [-0.39, 0.29) is 0 Å². The van der Waals surface area contributed by atoms with Crippen molar-refractivity contribution in [2.24, 2.45) is 0 Å². The lowest BCUT2D eigenvalue weighted by Crippen LogP contribution is -2.19. The maximum absolute atomic E-state index is 10.8. The Bertz CT molecular complexity index is 253. The molecular weight excluding hydrogens is 176 g/mol. The van der Waals surface area contributed by atoms with Crippen molar-refractivity contribution in [2.75, 3.05) is 0 Å². The molecular formula is C8H8O5. The minimum atomic E-state index is -1.14. The van der Waals surface area contributed by atoms with Crippen molar-refractivity contribution in [3.63, 3.8) is 0 Å². The Hall–Kier alpha value is -1.91. The van der Waals surface area contributed by atoms with E-state index in [1.807, 2.05) is 0 Å². The van der Waals surface area contributed by atoms with Crippen LogP contribution in [0.15, 0.2) is 25.7 Å². The Morgan fingerprint density at radius 3 is 2.08 bits per heavy atom. The highest BCUT2D eigenvalue weighted by Crippen LogP contribution is 1.92. The second-order valence-electron chi connectivity index (χ2n) is 1.83. The molecule has 0 saturated carbocycles. The minimum Gasteiger partial charge on any atom is -0.435 e. The minimum absolute atomic E-state index is 0.668. The third-order valence-corrected chi connectivity index (χ3v) is 0.938. The van der Waals surface area contributed by atoms with Gasteiger partial charge in [0.05, 0.1) is 12.5 Å². The van der Waals surface area contributed by atoms with Gasteiger partial charge in [-0.25, -0.2) is 4.79 Å². The van der Waals surface area contributed by atoms with E-state index >= 15 is 0 Å². The van der Waals surface area contributed by atoms with Crippen molar-refractivity contribution >= 4 is 17.7 Å². The number of carbonyl (C=O) groups excluding carboxylic acids is 3. The van der Waals surface area contributed by atoms with Crippen molar-refractivity contribution in [1.29, 1.82) is 0 Å². The maximum Gasteiger partial charge on any atom is 0.380 e. The molecule has 0 atom stereocenters. The lowest BCUT2D eigenvalue weighted by molar-refractivity contribution is -0.153. The molecule has 0 N–H and O–H groups in total. The summed E-state index contributed by atoms with van der Waals surface area (Å²) in [5.74, 6) is -3.00. The first-order chi connectivity index (χ1) is 6.11. The fraction of sp³-hybridized carbons (Fsp3) is 0.125. The van der Waals surface area contributed by atoms with Crippen molar-refractivity contribution in [3.8, 4) is 0 Å². The van der Waals surface area contributed by atoms with Gasteiger partial charge in [0, 0.05) is 0 Å². The molecule has 0 bridgehead atoms. The van der Waals surface area contributed by atoms with E-state index in [4.69, 9.17) is 0 Å². The summed E-state index contributed by atoms with van der Waals surface area (Å²) >= 11 is 0. The van der Waals surface area contributed by atoms with Gasteiger partial charge in [-0.3, -0.25) is 9.59 Å². The zero-order chi connectivity index (χ0) is 10.3. The van der Waals surface area contributed by atoms with E-state index in [1.165, 1.54) is 0 Å². The largest absolute Gasteiger partial charge is 0.435 e. The lowest BCUT2D eigenvalue weighted by Gasteiger charge is -1.97. The van der Waals surface area contributed by atoms with Gasteiger partial charge < -0.3 is 9.47 Å². The molecule has 0 aromatic heterocycles. The van der Waals surface area contributed by atoms with E-state index in [1.54, 1.807) is 0 Å². The molecule has 0 amide bonds. The molecule has 0 aromatic carbocycles. The molecule has 0 heterocycles. The Balaban J connectivity index is 3.99. The Labute approximate surface area is 74.6 Å². The van der Waals surface area contributed by atoms with Gasteiger partial charge in [-0.1, -0.05) is 13.2 Å². The quantitative estimate of drug-likeness (QED) is 0.266. The zero-order valence-corrected chi connectivity index (χ0v) is 6.82. The predicted octanol–water partition coefficient (Wildman–Crippen LogP) is 0.319. The molecule has 0 spiro atoms. The Morgan fingerprint density at radius 1 is 1.08 bits per heavy atom. The van der Waals surface area contributed by atoms with Crippen LogP contribution in [0, 0.1) is 0 Å². The van der Waals surface area contributed by atoms with Crippen LogP contribution in [0.4, 0.5) is 0 Å². The number of hydrogen-bond donors (Lipinski definition) is 0. The smallest absolute Gasteiger partial charge is 0.380 e. The van der Waals surface area contributed by atoms with Gasteiger partial charge in [-0.15, -0.1) is 0 Å². The number of carbonyl (C=O) groups is 3. The molecule has 0 aliphatic rings. The third-order valence-electron chi connectivity index (χ3n) is 0.938. The van der Waals surface area contributed by atoms with Gasteiger partial charge in [-0.2, -0.15) is 0 Å². The van der Waals surface area contributed by atoms with Crippen molar-refractivity contribution in [1.82, 2.24) is 0 Å². The van der Waals surface area contributed by atoms with Gasteiger partial charge in [-0.05, 0) is 0 Å². The van der Waals surface area contributed by atoms with E-state index < -0.39 is 24.1 Å². The van der Waals surface area contributed by atoms with Crippen LogP contribution in [0.2, 0.25) is 0 Å². The number of ketones is 1. The standard InChI is InChI=1S/C8H8O5/c1-3-12-7(10)5-6(9)8(11)13-4-2/h3-4H,1-2,5H2. The first-order valence-electron chi connectivity index (χ1n) is 3.27. The molecule has 0 unspecified atom stereocenters. The van der Waals surface area contributed by atoms with Gasteiger partial charge in [0.2, 0.25) is 0 Å². The highest BCUT2D eigenvalue weighted by Gasteiger charge is 2.18. The van der Waals surface area contributed by atoms with Crippen LogP contribution in [-0.4, -0.2) is 17.7 Å². The zero-order valence-electron chi connectivity index (χ0n) is 6.82. The molecule has 5 nitrogen and oxygen atoms in total. The fourth-order valence-electron chi connectivity index (χ4n) is 0.479. The normalized spacial score (nSPS) is 8.31. The molecule has 5 heteroatoms. The first-order valence-corrected chi connectivity index (χ1v) is 3.27.